The van der Waals surface area contributed by atoms with Gasteiger partial charge in [-0.2, -0.15) is 0 Å². The van der Waals surface area contributed by atoms with Crippen LogP contribution < -0.4 is 10.1 Å². The van der Waals surface area contributed by atoms with Gasteiger partial charge in [0, 0.05) is 23.9 Å². The summed E-state index contributed by atoms with van der Waals surface area (Å²) in [6.07, 6.45) is 2.29. The van der Waals surface area contributed by atoms with Crippen molar-refractivity contribution in [3.8, 4) is 5.75 Å². The number of rotatable bonds is 5. The van der Waals surface area contributed by atoms with E-state index in [1.54, 1.807) is 13.0 Å². The third kappa shape index (κ3) is 2.92. The molecule has 1 aromatic rings. The van der Waals surface area contributed by atoms with Gasteiger partial charge in [0.25, 0.3) is 0 Å². The molecule has 0 aromatic heterocycles. The first-order chi connectivity index (χ1) is 8.95. The van der Waals surface area contributed by atoms with Gasteiger partial charge >= 0.3 is 0 Å². The van der Waals surface area contributed by atoms with Crippen LogP contribution in [-0.4, -0.2) is 18.7 Å². The van der Waals surface area contributed by atoms with Crippen molar-refractivity contribution in [2.75, 3.05) is 6.54 Å². The molecule has 1 fully saturated rings. The van der Waals surface area contributed by atoms with Crippen molar-refractivity contribution in [2.24, 2.45) is 5.41 Å². The fourth-order valence-corrected chi connectivity index (χ4v) is 2.56. The molecule has 0 spiro atoms. The van der Waals surface area contributed by atoms with Gasteiger partial charge in [-0.15, -0.1) is 0 Å². The lowest BCUT2D eigenvalue weighted by atomic mass is 9.64. The lowest BCUT2D eigenvalue weighted by Crippen LogP contribution is -2.62. The van der Waals surface area contributed by atoms with E-state index < -0.39 is 0 Å². The maximum absolute atomic E-state index is 13.5. The van der Waals surface area contributed by atoms with Gasteiger partial charge in [0.2, 0.25) is 0 Å². The quantitative estimate of drug-likeness (QED) is 0.877. The zero-order valence-electron chi connectivity index (χ0n) is 12.3. The van der Waals surface area contributed by atoms with E-state index in [2.05, 4.69) is 26.1 Å². The zero-order chi connectivity index (χ0) is 14.0. The fraction of sp³-hybridized carbons (Fsp3) is 0.625. The van der Waals surface area contributed by atoms with Crippen LogP contribution in [0.2, 0.25) is 0 Å². The van der Waals surface area contributed by atoms with Gasteiger partial charge in [0.05, 0.1) is 0 Å². The second-order valence-corrected chi connectivity index (χ2v) is 6.08. The summed E-state index contributed by atoms with van der Waals surface area (Å²) >= 11 is 0. The maximum Gasteiger partial charge on any atom is 0.129 e. The molecule has 0 radical (unpaired) electrons. The summed E-state index contributed by atoms with van der Waals surface area (Å²) in [5.74, 6) is 0.436. The Kier molecular flexibility index (Phi) is 4.14. The van der Waals surface area contributed by atoms with Crippen LogP contribution >= 0.6 is 0 Å². The summed E-state index contributed by atoms with van der Waals surface area (Å²) in [5, 5.41) is 3.54. The Bertz CT molecular complexity index is 444. The maximum atomic E-state index is 13.5. The van der Waals surface area contributed by atoms with E-state index in [-0.39, 0.29) is 17.3 Å². The van der Waals surface area contributed by atoms with Crippen LogP contribution in [0.1, 0.15) is 39.2 Å². The molecule has 2 unspecified atom stereocenters. The van der Waals surface area contributed by atoms with Crippen LogP contribution in [0.5, 0.6) is 5.75 Å². The van der Waals surface area contributed by atoms with Gasteiger partial charge < -0.3 is 10.1 Å². The molecule has 106 valence electrons. The Balaban J connectivity index is 1.96. The van der Waals surface area contributed by atoms with Crippen LogP contribution in [0.25, 0.3) is 0 Å². The van der Waals surface area contributed by atoms with Gasteiger partial charge in [-0.3, -0.25) is 0 Å². The molecule has 0 amide bonds. The predicted molar refractivity (Wildman–Crippen MR) is 76.0 cm³/mol. The molecule has 2 atom stereocenters. The molecule has 0 aliphatic heterocycles. The van der Waals surface area contributed by atoms with Gasteiger partial charge in [-0.05, 0) is 31.5 Å². The van der Waals surface area contributed by atoms with Gasteiger partial charge in [-0.1, -0.05) is 26.8 Å². The van der Waals surface area contributed by atoms with Gasteiger partial charge in [0.15, 0.2) is 0 Å². The van der Waals surface area contributed by atoms with Crippen LogP contribution in [0.3, 0.4) is 0 Å². The SMILES string of the molecule is CCCNC1CC(Oc2ccc(C)c(F)c2)C1(C)C. The number of nitrogens with one attached hydrogen (secondary N) is 1. The van der Waals surface area contributed by atoms with Crippen molar-refractivity contribution < 1.29 is 9.13 Å². The van der Waals surface area contributed by atoms with E-state index in [1.807, 2.05) is 6.07 Å². The Hall–Kier alpha value is -1.09. The van der Waals surface area contributed by atoms with E-state index >= 15 is 0 Å². The highest BCUT2D eigenvalue weighted by Gasteiger charge is 2.49. The number of halogens is 1. The van der Waals surface area contributed by atoms with Crippen molar-refractivity contribution in [3.05, 3.63) is 29.6 Å². The van der Waals surface area contributed by atoms with Gasteiger partial charge in [-0.25, -0.2) is 4.39 Å². The van der Waals surface area contributed by atoms with Crippen LogP contribution in [0.4, 0.5) is 4.39 Å². The minimum absolute atomic E-state index is 0.0938. The molecule has 19 heavy (non-hydrogen) atoms. The minimum atomic E-state index is -0.199. The van der Waals surface area contributed by atoms with Crippen molar-refractivity contribution in [1.82, 2.24) is 5.32 Å². The van der Waals surface area contributed by atoms with Crippen molar-refractivity contribution in [3.63, 3.8) is 0 Å². The van der Waals surface area contributed by atoms with E-state index in [1.165, 1.54) is 6.07 Å². The molecule has 1 aliphatic carbocycles. The van der Waals surface area contributed by atoms with E-state index in [9.17, 15) is 4.39 Å². The molecule has 1 aromatic carbocycles. The molecule has 2 nitrogen and oxygen atoms in total. The van der Waals surface area contributed by atoms with Crippen molar-refractivity contribution in [2.45, 2.75) is 52.7 Å². The molecular formula is C16H24FNO. The van der Waals surface area contributed by atoms with E-state index in [4.69, 9.17) is 4.74 Å². The second kappa shape index (κ2) is 5.49. The third-order valence-corrected chi connectivity index (χ3v) is 4.24. The lowest BCUT2D eigenvalue weighted by Gasteiger charge is -2.51. The first-order valence-electron chi connectivity index (χ1n) is 7.11. The molecule has 1 saturated carbocycles. The molecule has 0 heterocycles. The first-order valence-corrected chi connectivity index (χ1v) is 7.11. The van der Waals surface area contributed by atoms with Crippen LogP contribution in [-0.2, 0) is 0 Å². The highest BCUT2D eigenvalue weighted by molar-refractivity contribution is 5.28. The third-order valence-electron chi connectivity index (χ3n) is 4.24. The predicted octanol–water partition coefficient (Wildman–Crippen LogP) is 3.68. The number of hydrogen-bond acceptors (Lipinski definition) is 2. The molecule has 0 bridgehead atoms. The van der Waals surface area contributed by atoms with Crippen LogP contribution in [0, 0.1) is 18.2 Å². The molecule has 3 heteroatoms. The van der Waals surface area contributed by atoms with Gasteiger partial charge in [0.1, 0.15) is 17.7 Å². The van der Waals surface area contributed by atoms with Crippen LogP contribution in [0.15, 0.2) is 18.2 Å². The molecule has 1 aliphatic rings. The minimum Gasteiger partial charge on any atom is -0.490 e. The highest BCUT2D eigenvalue weighted by Crippen LogP contribution is 2.43. The summed E-state index contributed by atoms with van der Waals surface area (Å²) in [5.41, 5.74) is 0.749. The number of ether oxygens (including phenoxy) is 1. The Morgan fingerprint density at radius 2 is 2.16 bits per heavy atom. The largest absolute Gasteiger partial charge is 0.490 e. The van der Waals surface area contributed by atoms with Crippen molar-refractivity contribution in [1.29, 1.82) is 0 Å². The summed E-state index contributed by atoms with van der Waals surface area (Å²) in [6.45, 7) is 9.39. The smallest absolute Gasteiger partial charge is 0.129 e. The standard InChI is InChI=1S/C16H24FNO/c1-5-8-18-14-10-15(16(14,3)4)19-12-7-6-11(2)13(17)9-12/h6-7,9,14-15,18H,5,8,10H2,1-4H3. The fourth-order valence-electron chi connectivity index (χ4n) is 2.56. The average molecular weight is 265 g/mol. The summed E-state index contributed by atoms with van der Waals surface area (Å²) in [4.78, 5) is 0. The molecular weight excluding hydrogens is 241 g/mol. The molecule has 0 saturated heterocycles. The Labute approximate surface area is 115 Å². The Morgan fingerprint density at radius 1 is 1.42 bits per heavy atom. The van der Waals surface area contributed by atoms with E-state index in [0.29, 0.717) is 17.4 Å². The zero-order valence-corrected chi connectivity index (χ0v) is 12.3. The second-order valence-electron chi connectivity index (χ2n) is 6.08. The molecule has 2 rings (SSSR count). The molecule has 1 N–H and O–H groups in total. The van der Waals surface area contributed by atoms with E-state index in [0.717, 1.165) is 19.4 Å². The Morgan fingerprint density at radius 3 is 2.74 bits per heavy atom. The van der Waals surface area contributed by atoms with Crippen molar-refractivity contribution >= 4 is 0 Å². The topological polar surface area (TPSA) is 21.3 Å². The number of benzene rings is 1. The monoisotopic (exact) mass is 265 g/mol. The summed E-state index contributed by atoms with van der Waals surface area (Å²) in [6, 6.07) is 5.59. The lowest BCUT2D eigenvalue weighted by molar-refractivity contribution is -0.0547. The highest BCUT2D eigenvalue weighted by atomic mass is 19.1. The average Bonchev–Trinajstić information content (AvgIpc) is 2.37. The first kappa shape index (κ1) is 14.3. The summed E-state index contributed by atoms with van der Waals surface area (Å²) in [7, 11) is 0. The number of aryl methyl sites for hydroxylation is 1. The summed E-state index contributed by atoms with van der Waals surface area (Å²) < 4.78 is 19.4. The number of hydrogen-bond donors (Lipinski definition) is 1. The normalized spacial score (nSPS) is 24.9.